The molecule has 7 nitrogen and oxygen atoms in total. The first-order valence-corrected chi connectivity index (χ1v) is 10.5. The lowest BCUT2D eigenvalue weighted by Crippen LogP contribution is -2.22. The van der Waals surface area contributed by atoms with Crippen molar-refractivity contribution in [3.05, 3.63) is 35.7 Å². The highest BCUT2D eigenvalue weighted by Gasteiger charge is 2.32. The van der Waals surface area contributed by atoms with Crippen LogP contribution in [0.2, 0.25) is 0 Å². The van der Waals surface area contributed by atoms with Gasteiger partial charge in [0.1, 0.15) is 0 Å². The van der Waals surface area contributed by atoms with E-state index in [1.54, 1.807) is 11.8 Å². The summed E-state index contributed by atoms with van der Waals surface area (Å²) in [5, 5.41) is 18.3. The van der Waals surface area contributed by atoms with Gasteiger partial charge in [-0.05, 0) is 44.7 Å². The first kappa shape index (κ1) is 16.8. The number of hydrogen-bond donors (Lipinski definition) is 0. The van der Waals surface area contributed by atoms with E-state index in [-0.39, 0.29) is 0 Å². The van der Waals surface area contributed by atoms with Crippen LogP contribution >= 0.6 is 11.8 Å². The molecule has 1 aliphatic carbocycles. The smallest absolute Gasteiger partial charge is 0.247 e. The first-order valence-electron chi connectivity index (χ1n) is 9.50. The summed E-state index contributed by atoms with van der Waals surface area (Å²) in [6.45, 7) is 4.23. The van der Waals surface area contributed by atoms with Gasteiger partial charge in [0.2, 0.25) is 17.7 Å². The molecule has 0 atom stereocenters. The lowest BCUT2D eigenvalue weighted by atomic mass is 10.1. The number of benzene rings is 1. The molecular formula is C19H22N6OS. The maximum Gasteiger partial charge on any atom is 0.247 e. The largest absolute Gasteiger partial charge is 0.420 e. The number of rotatable bonds is 6. The number of aromatic nitrogens is 5. The van der Waals surface area contributed by atoms with Gasteiger partial charge in [-0.1, -0.05) is 29.5 Å². The molecule has 1 saturated carbocycles. The minimum absolute atomic E-state index is 0.545. The highest BCUT2D eigenvalue weighted by Crippen LogP contribution is 2.41. The molecule has 2 aromatic heterocycles. The van der Waals surface area contributed by atoms with Crippen molar-refractivity contribution in [1.82, 2.24) is 25.0 Å². The van der Waals surface area contributed by atoms with E-state index in [0.29, 0.717) is 23.6 Å². The fourth-order valence-corrected chi connectivity index (χ4v) is 4.24. The van der Waals surface area contributed by atoms with Crippen molar-refractivity contribution in [1.29, 1.82) is 0 Å². The predicted molar refractivity (Wildman–Crippen MR) is 104 cm³/mol. The SMILES string of the molecule is Cc1ccc(-c2nnc(CSc3nnc(N4CCCC4)n3C3CC3)o2)cc1. The Balaban J connectivity index is 1.31. The van der Waals surface area contributed by atoms with Crippen LogP contribution in [0.5, 0.6) is 0 Å². The van der Waals surface area contributed by atoms with Gasteiger partial charge >= 0.3 is 0 Å². The standard InChI is InChI=1S/C19H22N6OS/c1-13-4-6-14(7-5-13)17-21-20-16(26-17)12-27-19-23-22-18(24-10-2-3-11-24)25(19)15-8-9-15/h4-7,15H,2-3,8-12H2,1H3. The molecule has 1 saturated heterocycles. The van der Waals surface area contributed by atoms with Crippen LogP contribution in [0.15, 0.2) is 33.8 Å². The molecule has 3 aromatic rings. The lowest BCUT2D eigenvalue weighted by Gasteiger charge is -2.17. The Labute approximate surface area is 162 Å². The molecular weight excluding hydrogens is 360 g/mol. The number of nitrogens with zero attached hydrogens (tertiary/aromatic N) is 6. The summed E-state index contributed by atoms with van der Waals surface area (Å²) in [6.07, 6.45) is 4.91. The monoisotopic (exact) mass is 382 g/mol. The van der Waals surface area contributed by atoms with Gasteiger partial charge in [-0.3, -0.25) is 4.57 Å². The third-order valence-corrected chi connectivity index (χ3v) is 5.97. The zero-order chi connectivity index (χ0) is 18.2. The fraction of sp³-hybridized carbons (Fsp3) is 0.474. The second-order valence-electron chi connectivity index (χ2n) is 7.23. The van der Waals surface area contributed by atoms with Crippen molar-refractivity contribution in [2.24, 2.45) is 0 Å². The van der Waals surface area contributed by atoms with E-state index >= 15 is 0 Å². The number of aryl methyl sites for hydroxylation is 1. The summed E-state index contributed by atoms with van der Waals surface area (Å²) >= 11 is 1.63. The van der Waals surface area contributed by atoms with Gasteiger partial charge in [0, 0.05) is 24.7 Å². The van der Waals surface area contributed by atoms with Crippen LogP contribution in [0.25, 0.3) is 11.5 Å². The van der Waals surface area contributed by atoms with E-state index in [0.717, 1.165) is 29.8 Å². The Morgan fingerprint density at radius 3 is 2.56 bits per heavy atom. The molecule has 0 bridgehead atoms. The first-order chi connectivity index (χ1) is 13.3. The molecule has 0 N–H and O–H groups in total. The van der Waals surface area contributed by atoms with E-state index < -0.39 is 0 Å². The van der Waals surface area contributed by atoms with Gasteiger partial charge in [0.15, 0.2) is 5.16 Å². The van der Waals surface area contributed by atoms with Crippen molar-refractivity contribution in [3.8, 4) is 11.5 Å². The summed E-state index contributed by atoms with van der Waals surface area (Å²) in [7, 11) is 0. The van der Waals surface area contributed by atoms with Crippen molar-refractivity contribution in [2.75, 3.05) is 18.0 Å². The van der Waals surface area contributed by atoms with Gasteiger partial charge in [0.25, 0.3) is 0 Å². The van der Waals surface area contributed by atoms with Crippen molar-refractivity contribution >= 4 is 17.7 Å². The van der Waals surface area contributed by atoms with Crippen LogP contribution in [0.4, 0.5) is 5.95 Å². The summed E-state index contributed by atoms with van der Waals surface area (Å²) < 4.78 is 8.16. The van der Waals surface area contributed by atoms with Crippen LogP contribution in [0.3, 0.4) is 0 Å². The average Bonchev–Trinajstić information content (AvgIpc) is 3.10. The van der Waals surface area contributed by atoms with Gasteiger partial charge in [-0.2, -0.15) is 0 Å². The Kier molecular flexibility index (Phi) is 4.35. The highest BCUT2D eigenvalue weighted by molar-refractivity contribution is 7.98. The fourth-order valence-electron chi connectivity index (χ4n) is 3.40. The molecule has 2 fully saturated rings. The lowest BCUT2D eigenvalue weighted by molar-refractivity contribution is 0.528. The number of hydrogen-bond acceptors (Lipinski definition) is 7. The number of thioether (sulfide) groups is 1. The molecule has 0 radical (unpaired) electrons. The maximum atomic E-state index is 5.84. The predicted octanol–water partition coefficient (Wildman–Crippen LogP) is 3.86. The maximum absolute atomic E-state index is 5.84. The van der Waals surface area contributed by atoms with Crippen molar-refractivity contribution < 1.29 is 4.42 Å². The van der Waals surface area contributed by atoms with Gasteiger partial charge in [-0.25, -0.2) is 0 Å². The van der Waals surface area contributed by atoms with E-state index in [2.05, 4.69) is 36.8 Å². The Morgan fingerprint density at radius 1 is 1.04 bits per heavy atom. The highest BCUT2D eigenvalue weighted by atomic mass is 32.2. The quantitative estimate of drug-likeness (QED) is 0.599. The summed E-state index contributed by atoms with van der Waals surface area (Å²) in [6, 6.07) is 8.65. The van der Waals surface area contributed by atoms with Crippen molar-refractivity contribution in [3.63, 3.8) is 0 Å². The second-order valence-corrected chi connectivity index (χ2v) is 8.18. The van der Waals surface area contributed by atoms with E-state index in [1.807, 2.05) is 24.3 Å². The Morgan fingerprint density at radius 2 is 1.81 bits per heavy atom. The third kappa shape index (κ3) is 3.45. The molecule has 0 amide bonds. The van der Waals surface area contributed by atoms with E-state index in [9.17, 15) is 0 Å². The minimum atomic E-state index is 0.545. The normalized spacial score (nSPS) is 17.0. The van der Waals surface area contributed by atoms with Gasteiger partial charge in [0.05, 0.1) is 5.75 Å². The number of anilines is 1. The molecule has 1 aromatic carbocycles. The summed E-state index contributed by atoms with van der Waals surface area (Å²) in [5.74, 6) is 2.81. The topological polar surface area (TPSA) is 72.9 Å². The van der Waals surface area contributed by atoms with Crippen LogP contribution in [0.1, 0.15) is 43.2 Å². The van der Waals surface area contributed by atoms with E-state index in [4.69, 9.17) is 4.42 Å². The molecule has 0 spiro atoms. The molecule has 5 rings (SSSR count). The molecule has 1 aliphatic heterocycles. The Hall–Kier alpha value is -2.35. The molecule has 140 valence electrons. The van der Waals surface area contributed by atoms with Crippen LogP contribution < -0.4 is 4.90 Å². The van der Waals surface area contributed by atoms with Crippen LogP contribution in [-0.2, 0) is 5.75 Å². The molecule has 2 aliphatic rings. The van der Waals surface area contributed by atoms with E-state index in [1.165, 1.54) is 31.2 Å². The third-order valence-electron chi connectivity index (χ3n) is 5.04. The van der Waals surface area contributed by atoms with Gasteiger partial charge < -0.3 is 9.32 Å². The molecule has 3 heterocycles. The van der Waals surface area contributed by atoms with Gasteiger partial charge in [-0.15, -0.1) is 20.4 Å². The minimum Gasteiger partial charge on any atom is -0.420 e. The van der Waals surface area contributed by atoms with Crippen molar-refractivity contribution in [2.45, 2.75) is 49.6 Å². The molecule has 27 heavy (non-hydrogen) atoms. The van der Waals surface area contributed by atoms with Crippen LogP contribution in [0, 0.1) is 6.92 Å². The zero-order valence-corrected chi connectivity index (χ0v) is 16.2. The summed E-state index contributed by atoms with van der Waals surface area (Å²) in [5.41, 5.74) is 2.16. The van der Waals surface area contributed by atoms with Crippen LogP contribution in [-0.4, -0.2) is 38.1 Å². The zero-order valence-electron chi connectivity index (χ0n) is 15.3. The molecule has 0 unspecified atom stereocenters. The second kappa shape index (κ2) is 6.99. The average molecular weight is 382 g/mol. The molecule has 8 heteroatoms. The summed E-state index contributed by atoms with van der Waals surface area (Å²) in [4.78, 5) is 2.36. The Bertz CT molecular complexity index is 924.